The second kappa shape index (κ2) is 11.8. The summed E-state index contributed by atoms with van der Waals surface area (Å²) >= 11 is 5.99. The third-order valence-corrected chi connectivity index (χ3v) is 6.01. The number of rotatable bonds is 7. The van der Waals surface area contributed by atoms with E-state index in [-0.39, 0.29) is 16.8 Å². The highest BCUT2D eigenvalue weighted by molar-refractivity contribution is 6.30. The molecule has 1 saturated heterocycles. The minimum Gasteiger partial charge on any atom is -0.378 e. The van der Waals surface area contributed by atoms with Gasteiger partial charge < -0.3 is 20.7 Å². The normalized spacial score (nSPS) is 13.7. The largest absolute Gasteiger partial charge is 0.378 e. The van der Waals surface area contributed by atoms with Crippen molar-refractivity contribution in [1.29, 1.82) is 0 Å². The minimum absolute atomic E-state index is 0.163. The van der Waals surface area contributed by atoms with Crippen LogP contribution in [-0.2, 0) is 4.74 Å². The molecule has 0 radical (unpaired) electrons. The van der Waals surface area contributed by atoms with E-state index in [0.717, 1.165) is 5.01 Å². The van der Waals surface area contributed by atoms with Crippen LogP contribution in [0.15, 0.2) is 60.8 Å². The summed E-state index contributed by atoms with van der Waals surface area (Å²) in [5, 5.41) is 4.59. The number of hydrazine groups is 1. The molecule has 4 N–H and O–H groups in total. The van der Waals surface area contributed by atoms with Gasteiger partial charge in [0, 0.05) is 47.6 Å². The summed E-state index contributed by atoms with van der Waals surface area (Å²) in [7, 11) is 0. The van der Waals surface area contributed by atoms with Gasteiger partial charge in [-0.3, -0.25) is 15.0 Å². The molecule has 1 aliphatic heterocycles. The van der Waals surface area contributed by atoms with Crippen molar-refractivity contribution in [2.75, 3.05) is 48.1 Å². The van der Waals surface area contributed by atoms with Gasteiger partial charge >= 0.3 is 0 Å². The maximum atomic E-state index is 14.8. The SMILES string of the molecule is CC(C)(N)CNc1ccc(C(=O)NN(C(=O)c2ccc(Cl)cc2)c2cc(F)cc(N3CCOCC3)c2)cn1. The molecule has 4 rings (SSSR count). The number of anilines is 3. The van der Waals surface area contributed by atoms with Crippen molar-refractivity contribution in [2.24, 2.45) is 5.73 Å². The van der Waals surface area contributed by atoms with Crippen LogP contribution in [0, 0.1) is 5.82 Å². The van der Waals surface area contributed by atoms with E-state index in [1.165, 1.54) is 30.5 Å². The number of amides is 2. The fourth-order valence-corrected chi connectivity index (χ4v) is 3.89. The fraction of sp³-hybridized carbons (Fsp3) is 0.296. The van der Waals surface area contributed by atoms with Gasteiger partial charge in [-0.1, -0.05) is 11.6 Å². The lowest BCUT2D eigenvalue weighted by molar-refractivity contribution is 0.0887. The monoisotopic (exact) mass is 540 g/mol. The van der Waals surface area contributed by atoms with Gasteiger partial charge in [0.05, 0.1) is 24.5 Å². The highest BCUT2D eigenvalue weighted by atomic mass is 35.5. The average Bonchev–Trinajstić information content (AvgIpc) is 2.90. The Morgan fingerprint density at radius 2 is 1.79 bits per heavy atom. The maximum absolute atomic E-state index is 14.8. The lowest BCUT2D eigenvalue weighted by Crippen LogP contribution is -2.47. The third kappa shape index (κ3) is 7.18. The molecule has 200 valence electrons. The van der Waals surface area contributed by atoms with Crippen molar-refractivity contribution in [3.8, 4) is 0 Å². The van der Waals surface area contributed by atoms with E-state index in [0.29, 0.717) is 49.4 Å². The number of morpholine rings is 1. The summed E-state index contributed by atoms with van der Waals surface area (Å²) in [6.45, 7) is 6.42. The summed E-state index contributed by atoms with van der Waals surface area (Å²) in [6, 6.07) is 13.7. The maximum Gasteiger partial charge on any atom is 0.277 e. The van der Waals surface area contributed by atoms with Gasteiger partial charge in [-0.15, -0.1) is 0 Å². The van der Waals surface area contributed by atoms with E-state index in [4.69, 9.17) is 22.1 Å². The van der Waals surface area contributed by atoms with Crippen molar-refractivity contribution in [1.82, 2.24) is 10.4 Å². The van der Waals surface area contributed by atoms with Crippen LogP contribution in [0.25, 0.3) is 0 Å². The molecule has 11 heteroatoms. The van der Waals surface area contributed by atoms with E-state index in [1.807, 2.05) is 18.7 Å². The van der Waals surface area contributed by atoms with Crippen LogP contribution in [0.2, 0.25) is 5.02 Å². The molecule has 2 heterocycles. The number of hydrogen-bond acceptors (Lipinski definition) is 7. The molecule has 2 amide bonds. The number of aromatic nitrogens is 1. The zero-order valence-electron chi connectivity index (χ0n) is 21.2. The molecule has 2 aromatic carbocycles. The van der Waals surface area contributed by atoms with Crippen molar-refractivity contribution in [3.63, 3.8) is 0 Å². The average molecular weight is 541 g/mol. The Kier molecular flexibility index (Phi) is 8.45. The molecule has 0 bridgehead atoms. The summed E-state index contributed by atoms with van der Waals surface area (Å²) in [6.07, 6.45) is 1.39. The van der Waals surface area contributed by atoms with Gasteiger partial charge in [0.25, 0.3) is 11.8 Å². The van der Waals surface area contributed by atoms with E-state index in [1.54, 1.807) is 30.3 Å². The number of nitrogens with two attached hydrogens (primary N) is 1. The predicted octanol–water partition coefficient (Wildman–Crippen LogP) is 3.85. The van der Waals surface area contributed by atoms with E-state index >= 15 is 0 Å². The molecule has 1 fully saturated rings. The smallest absolute Gasteiger partial charge is 0.277 e. The van der Waals surface area contributed by atoms with Crippen LogP contribution < -0.4 is 26.4 Å². The molecule has 1 aliphatic rings. The first-order valence-corrected chi connectivity index (χ1v) is 12.5. The first-order chi connectivity index (χ1) is 18.1. The summed E-state index contributed by atoms with van der Waals surface area (Å²) in [5.41, 5.74) is 9.37. The standard InChI is InChI=1S/C27H30ClFN6O3/c1-27(2,30)17-32-24-8-5-19(16-31-24)25(36)33-35(26(37)18-3-6-20(28)7-4-18)23-14-21(29)13-22(15-23)34-9-11-38-12-10-34/h3-8,13-16H,9-12,17,30H2,1-2H3,(H,31,32)(H,33,36). The number of pyridine rings is 1. The van der Waals surface area contributed by atoms with Gasteiger partial charge in [0.2, 0.25) is 0 Å². The Morgan fingerprint density at radius 1 is 1.11 bits per heavy atom. The van der Waals surface area contributed by atoms with Gasteiger partial charge in [-0.25, -0.2) is 14.4 Å². The molecule has 9 nitrogen and oxygen atoms in total. The third-order valence-electron chi connectivity index (χ3n) is 5.76. The fourth-order valence-electron chi connectivity index (χ4n) is 3.76. The van der Waals surface area contributed by atoms with Crippen LogP contribution in [-0.4, -0.2) is 55.2 Å². The number of carbonyl (C=O) groups is 2. The van der Waals surface area contributed by atoms with Crippen LogP contribution in [0.1, 0.15) is 34.6 Å². The van der Waals surface area contributed by atoms with Gasteiger partial charge in [-0.2, -0.15) is 0 Å². The van der Waals surface area contributed by atoms with Crippen LogP contribution in [0.3, 0.4) is 0 Å². The van der Waals surface area contributed by atoms with E-state index < -0.39 is 23.2 Å². The lowest BCUT2D eigenvalue weighted by atomic mass is 10.1. The number of hydrogen-bond donors (Lipinski definition) is 3. The Morgan fingerprint density at radius 3 is 2.42 bits per heavy atom. The molecule has 3 aromatic rings. The number of benzene rings is 2. The summed E-state index contributed by atoms with van der Waals surface area (Å²) in [5.74, 6) is -1.16. The van der Waals surface area contributed by atoms with Crippen molar-refractivity contribution in [2.45, 2.75) is 19.4 Å². The van der Waals surface area contributed by atoms with Crippen molar-refractivity contribution >= 4 is 40.6 Å². The second-order valence-corrected chi connectivity index (χ2v) is 10.1. The van der Waals surface area contributed by atoms with Crippen molar-refractivity contribution < 1.29 is 18.7 Å². The Hall–Kier alpha value is -3.73. The van der Waals surface area contributed by atoms with Crippen LogP contribution in [0.5, 0.6) is 0 Å². The topological polar surface area (TPSA) is 113 Å². The zero-order valence-corrected chi connectivity index (χ0v) is 22.0. The quantitative estimate of drug-likeness (QED) is 0.390. The number of nitrogens with zero attached hydrogens (tertiary/aromatic N) is 3. The molecule has 0 aliphatic carbocycles. The molecule has 0 saturated carbocycles. The van der Waals surface area contributed by atoms with Crippen molar-refractivity contribution in [3.05, 3.63) is 82.8 Å². The minimum atomic E-state index is -0.595. The number of ether oxygens (including phenoxy) is 1. The summed E-state index contributed by atoms with van der Waals surface area (Å²) in [4.78, 5) is 32.9. The highest BCUT2D eigenvalue weighted by Crippen LogP contribution is 2.26. The highest BCUT2D eigenvalue weighted by Gasteiger charge is 2.24. The lowest BCUT2D eigenvalue weighted by Gasteiger charge is -2.30. The Labute approximate surface area is 225 Å². The molecule has 0 unspecified atom stereocenters. The van der Waals surface area contributed by atoms with Gasteiger partial charge in [0.1, 0.15) is 11.6 Å². The van der Waals surface area contributed by atoms with Crippen LogP contribution in [0.4, 0.5) is 21.6 Å². The van der Waals surface area contributed by atoms with E-state index in [2.05, 4.69) is 15.7 Å². The molecule has 0 atom stereocenters. The number of nitrogens with one attached hydrogen (secondary N) is 2. The van der Waals surface area contributed by atoms with Gasteiger partial charge in [-0.05, 0) is 68.4 Å². The number of halogens is 2. The zero-order chi connectivity index (χ0) is 27.3. The summed E-state index contributed by atoms with van der Waals surface area (Å²) < 4.78 is 20.2. The van der Waals surface area contributed by atoms with E-state index in [9.17, 15) is 14.0 Å². The molecule has 38 heavy (non-hydrogen) atoms. The molecule has 1 aromatic heterocycles. The Balaban J connectivity index is 1.62. The molecular formula is C27H30ClFN6O3. The molecular weight excluding hydrogens is 511 g/mol. The second-order valence-electron chi connectivity index (χ2n) is 9.63. The number of carbonyl (C=O) groups excluding carboxylic acids is 2. The Bertz CT molecular complexity index is 1280. The van der Waals surface area contributed by atoms with Gasteiger partial charge in [0.15, 0.2) is 0 Å². The van der Waals surface area contributed by atoms with Crippen LogP contribution >= 0.6 is 11.6 Å². The first-order valence-electron chi connectivity index (χ1n) is 12.1. The molecule has 0 spiro atoms. The predicted molar refractivity (Wildman–Crippen MR) is 146 cm³/mol. The first kappa shape index (κ1) is 27.3.